The van der Waals surface area contributed by atoms with Gasteiger partial charge in [0.2, 0.25) is 0 Å². The Hall–Kier alpha value is -2.55. The van der Waals surface area contributed by atoms with Gasteiger partial charge in [-0.3, -0.25) is 4.79 Å². The van der Waals surface area contributed by atoms with E-state index >= 15 is 0 Å². The van der Waals surface area contributed by atoms with E-state index in [1.807, 2.05) is 48.5 Å². The van der Waals surface area contributed by atoms with Gasteiger partial charge in [-0.25, -0.2) is 0 Å². The lowest BCUT2D eigenvalue weighted by Crippen LogP contribution is -2.16. The molecule has 3 heteroatoms. The zero-order valence-electron chi connectivity index (χ0n) is 10.7. The summed E-state index contributed by atoms with van der Waals surface area (Å²) in [5.74, 6) is 0.691. The van der Waals surface area contributed by atoms with Crippen LogP contribution in [0.2, 0.25) is 0 Å². The minimum atomic E-state index is -0.120. The molecular weight excluding hydrogens is 238 g/mol. The maximum absolute atomic E-state index is 11.8. The van der Waals surface area contributed by atoms with Crippen LogP contribution in [-0.2, 0) is 0 Å². The normalized spacial score (nSPS) is 10.4. The number of hydrogen-bond acceptors (Lipinski definition) is 2. The Balaban J connectivity index is 1.94. The van der Waals surface area contributed by atoms with E-state index in [0.29, 0.717) is 5.56 Å². The molecule has 0 bridgehead atoms. The molecule has 2 aromatic rings. The average Bonchev–Trinajstić information content (AvgIpc) is 2.49. The van der Waals surface area contributed by atoms with Crippen LogP contribution in [-0.4, -0.2) is 13.0 Å². The molecule has 1 amide bonds. The van der Waals surface area contributed by atoms with E-state index in [1.165, 1.54) is 0 Å². The number of rotatable bonds is 4. The lowest BCUT2D eigenvalue weighted by atomic mass is 10.2. The number of amides is 1. The van der Waals surface area contributed by atoms with E-state index in [-0.39, 0.29) is 5.91 Å². The number of hydrogen-bond donors (Lipinski definition) is 1. The maximum Gasteiger partial charge on any atom is 0.255 e. The third-order valence-corrected chi connectivity index (χ3v) is 2.64. The highest BCUT2D eigenvalue weighted by Crippen LogP contribution is 2.11. The summed E-state index contributed by atoms with van der Waals surface area (Å²) in [5.41, 5.74) is 1.64. The molecule has 1 N–H and O–H groups in total. The molecule has 0 radical (unpaired) electrons. The molecule has 0 fully saturated rings. The summed E-state index contributed by atoms with van der Waals surface area (Å²) in [6.45, 7) is 0. The third kappa shape index (κ3) is 3.71. The van der Waals surface area contributed by atoms with Crippen LogP contribution in [0.15, 0.2) is 60.8 Å². The van der Waals surface area contributed by atoms with Gasteiger partial charge in [0, 0.05) is 11.8 Å². The Bertz CT molecular complexity index is 559. The molecule has 0 aliphatic rings. The van der Waals surface area contributed by atoms with E-state index in [2.05, 4.69) is 5.32 Å². The van der Waals surface area contributed by atoms with Crippen molar-refractivity contribution < 1.29 is 9.53 Å². The minimum absolute atomic E-state index is 0.120. The third-order valence-electron chi connectivity index (χ3n) is 2.64. The van der Waals surface area contributed by atoms with Crippen molar-refractivity contribution in [2.75, 3.05) is 7.11 Å². The van der Waals surface area contributed by atoms with Crippen molar-refractivity contribution in [3.8, 4) is 5.75 Å². The van der Waals surface area contributed by atoms with Crippen LogP contribution in [0, 0.1) is 0 Å². The van der Waals surface area contributed by atoms with Gasteiger partial charge in [0.05, 0.1) is 7.11 Å². The molecule has 96 valence electrons. The summed E-state index contributed by atoms with van der Waals surface area (Å²) in [6, 6.07) is 16.7. The van der Waals surface area contributed by atoms with Gasteiger partial charge in [0.15, 0.2) is 0 Å². The SMILES string of the molecule is COc1ccc(/C=C\NC(=O)c2ccccc2)cc1. The van der Waals surface area contributed by atoms with Crippen molar-refractivity contribution in [3.63, 3.8) is 0 Å². The first-order valence-electron chi connectivity index (χ1n) is 5.96. The second-order valence-electron chi connectivity index (χ2n) is 3.95. The van der Waals surface area contributed by atoms with Gasteiger partial charge >= 0.3 is 0 Å². The Labute approximate surface area is 112 Å². The summed E-state index contributed by atoms with van der Waals surface area (Å²) >= 11 is 0. The fourth-order valence-electron chi connectivity index (χ4n) is 1.60. The highest BCUT2D eigenvalue weighted by atomic mass is 16.5. The number of carbonyl (C=O) groups excluding carboxylic acids is 1. The fourth-order valence-corrected chi connectivity index (χ4v) is 1.60. The van der Waals surface area contributed by atoms with Crippen LogP contribution in [0.4, 0.5) is 0 Å². The molecule has 0 aliphatic carbocycles. The minimum Gasteiger partial charge on any atom is -0.497 e. The molecule has 0 saturated heterocycles. The van der Waals surface area contributed by atoms with Crippen LogP contribution in [0.5, 0.6) is 5.75 Å². The molecule has 0 aliphatic heterocycles. The lowest BCUT2D eigenvalue weighted by Gasteiger charge is -2.00. The zero-order chi connectivity index (χ0) is 13.5. The molecule has 0 atom stereocenters. The molecule has 0 saturated carbocycles. The zero-order valence-corrected chi connectivity index (χ0v) is 10.7. The van der Waals surface area contributed by atoms with E-state index in [1.54, 1.807) is 25.4 Å². The van der Waals surface area contributed by atoms with E-state index in [9.17, 15) is 4.79 Å². The summed E-state index contributed by atoms with van der Waals surface area (Å²) in [7, 11) is 1.63. The van der Waals surface area contributed by atoms with Gasteiger partial charge in [0.25, 0.3) is 5.91 Å². The van der Waals surface area contributed by atoms with E-state index < -0.39 is 0 Å². The van der Waals surface area contributed by atoms with Crippen molar-refractivity contribution in [1.82, 2.24) is 5.32 Å². The molecule has 0 aromatic heterocycles. The van der Waals surface area contributed by atoms with Gasteiger partial charge in [-0.05, 0) is 35.9 Å². The molecule has 3 nitrogen and oxygen atoms in total. The second kappa shape index (κ2) is 6.40. The second-order valence-corrected chi connectivity index (χ2v) is 3.95. The first-order valence-corrected chi connectivity index (χ1v) is 5.96. The smallest absolute Gasteiger partial charge is 0.255 e. The number of ether oxygens (including phenoxy) is 1. The fraction of sp³-hybridized carbons (Fsp3) is 0.0625. The Morgan fingerprint density at radius 3 is 2.37 bits per heavy atom. The highest BCUT2D eigenvalue weighted by Gasteiger charge is 2.00. The van der Waals surface area contributed by atoms with Gasteiger partial charge in [-0.1, -0.05) is 30.3 Å². The van der Waals surface area contributed by atoms with Crippen LogP contribution < -0.4 is 10.1 Å². The van der Waals surface area contributed by atoms with Crippen LogP contribution in [0.3, 0.4) is 0 Å². The molecule has 0 spiro atoms. The predicted molar refractivity (Wildman–Crippen MR) is 75.9 cm³/mol. The van der Waals surface area contributed by atoms with Crippen molar-refractivity contribution in [2.24, 2.45) is 0 Å². The standard InChI is InChI=1S/C16H15NO2/c1-19-15-9-7-13(8-10-15)11-12-17-16(18)14-5-3-2-4-6-14/h2-12H,1H3,(H,17,18)/b12-11-. The quantitative estimate of drug-likeness (QED) is 0.909. The first kappa shape index (κ1) is 12.9. The van der Waals surface area contributed by atoms with Crippen LogP contribution in [0.1, 0.15) is 15.9 Å². The van der Waals surface area contributed by atoms with Crippen LogP contribution in [0.25, 0.3) is 6.08 Å². The molecular formula is C16H15NO2. The molecule has 19 heavy (non-hydrogen) atoms. The average molecular weight is 253 g/mol. The summed E-state index contributed by atoms with van der Waals surface area (Å²) in [6.07, 6.45) is 3.47. The number of benzene rings is 2. The number of nitrogens with one attached hydrogen (secondary N) is 1. The van der Waals surface area contributed by atoms with E-state index in [0.717, 1.165) is 11.3 Å². The Kier molecular flexibility index (Phi) is 4.34. The van der Waals surface area contributed by atoms with Gasteiger partial charge in [-0.2, -0.15) is 0 Å². The van der Waals surface area contributed by atoms with Crippen LogP contribution >= 0.6 is 0 Å². The van der Waals surface area contributed by atoms with Gasteiger partial charge in [-0.15, -0.1) is 0 Å². The van der Waals surface area contributed by atoms with Crippen molar-refractivity contribution in [1.29, 1.82) is 0 Å². The van der Waals surface area contributed by atoms with E-state index in [4.69, 9.17) is 4.74 Å². The first-order chi connectivity index (χ1) is 9.29. The maximum atomic E-state index is 11.8. The van der Waals surface area contributed by atoms with Crippen molar-refractivity contribution in [2.45, 2.75) is 0 Å². The number of carbonyl (C=O) groups is 1. The molecule has 0 unspecified atom stereocenters. The topological polar surface area (TPSA) is 38.3 Å². The number of methoxy groups -OCH3 is 1. The summed E-state index contributed by atoms with van der Waals surface area (Å²) in [5, 5.41) is 2.73. The predicted octanol–water partition coefficient (Wildman–Crippen LogP) is 3.10. The molecule has 0 heterocycles. The lowest BCUT2D eigenvalue weighted by molar-refractivity contribution is 0.0970. The molecule has 2 rings (SSSR count). The Morgan fingerprint density at radius 2 is 1.74 bits per heavy atom. The largest absolute Gasteiger partial charge is 0.497 e. The summed E-state index contributed by atoms with van der Waals surface area (Å²) < 4.78 is 5.08. The van der Waals surface area contributed by atoms with Gasteiger partial charge in [0.1, 0.15) is 5.75 Å². The van der Waals surface area contributed by atoms with Crippen molar-refractivity contribution >= 4 is 12.0 Å². The Morgan fingerprint density at radius 1 is 1.05 bits per heavy atom. The van der Waals surface area contributed by atoms with Crippen molar-refractivity contribution in [3.05, 3.63) is 71.9 Å². The van der Waals surface area contributed by atoms with Gasteiger partial charge < -0.3 is 10.1 Å². The molecule has 2 aromatic carbocycles. The summed E-state index contributed by atoms with van der Waals surface area (Å²) in [4.78, 5) is 11.8. The highest BCUT2D eigenvalue weighted by molar-refractivity contribution is 5.95. The monoisotopic (exact) mass is 253 g/mol.